The highest BCUT2D eigenvalue weighted by atomic mass is 16.6. The lowest BCUT2D eigenvalue weighted by atomic mass is 10.0. The number of carbonyl (C=O) groups is 2. The van der Waals surface area contributed by atoms with Gasteiger partial charge in [0.05, 0.1) is 12.0 Å². The molecule has 1 saturated heterocycles. The van der Waals surface area contributed by atoms with E-state index in [0.29, 0.717) is 6.42 Å². The molecule has 1 fully saturated rings. The number of cyclic esters (lactones) is 1. The van der Waals surface area contributed by atoms with Gasteiger partial charge in [0, 0.05) is 6.92 Å². The number of carbonyl (C=O) groups excluding carboxylic acids is 2. The van der Waals surface area contributed by atoms with E-state index in [1.807, 2.05) is 13.8 Å². The second kappa shape index (κ2) is 3.77. The summed E-state index contributed by atoms with van der Waals surface area (Å²) >= 11 is 0. The molecular weight excluding hydrogens is 170 g/mol. The minimum absolute atomic E-state index is 0.0405. The summed E-state index contributed by atoms with van der Waals surface area (Å²) in [7, 11) is 0. The van der Waals surface area contributed by atoms with Crippen molar-refractivity contribution in [1.82, 2.24) is 5.32 Å². The SMILES string of the molecule is CC(=O)N[C@@H](C)[C@H]1C[C@@H](C)C(=O)O1. The molecule has 1 rings (SSSR count). The van der Waals surface area contributed by atoms with E-state index in [-0.39, 0.29) is 29.9 Å². The minimum atomic E-state index is -0.165. The highest BCUT2D eigenvalue weighted by Gasteiger charge is 2.34. The van der Waals surface area contributed by atoms with E-state index in [0.717, 1.165) is 0 Å². The second-order valence-electron chi connectivity index (χ2n) is 3.60. The van der Waals surface area contributed by atoms with Crippen molar-refractivity contribution in [2.75, 3.05) is 0 Å². The van der Waals surface area contributed by atoms with E-state index in [2.05, 4.69) is 5.32 Å². The zero-order chi connectivity index (χ0) is 10.0. The smallest absolute Gasteiger partial charge is 0.309 e. The molecule has 0 aromatic rings. The first-order valence-corrected chi connectivity index (χ1v) is 4.48. The molecule has 1 heterocycles. The van der Waals surface area contributed by atoms with Crippen LogP contribution in [0.3, 0.4) is 0 Å². The van der Waals surface area contributed by atoms with Crippen molar-refractivity contribution in [2.24, 2.45) is 5.92 Å². The molecule has 3 atom stereocenters. The highest BCUT2D eigenvalue weighted by Crippen LogP contribution is 2.22. The Morgan fingerprint density at radius 3 is 2.69 bits per heavy atom. The lowest BCUT2D eigenvalue weighted by Crippen LogP contribution is -2.39. The normalized spacial score (nSPS) is 29.6. The van der Waals surface area contributed by atoms with Gasteiger partial charge in [0.2, 0.25) is 5.91 Å². The van der Waals surface area contributed by atoms with Crippen molar-refractivity contribution in [3.8, 4) is 0 Å². The van der Waals surface area contributed by atoms with E-state index in [1.54, 1.807) is 0 Å². The van der Waals surface area contributed by atoms with Crippen LogP contribution in [0.25, 0.3) is 0 Å². The molecule has 0 bridgehead atoms. The molecule has 4 heteroatoms. The van der Waals surface area contributed by atoms with Crippen molar-refractivity contribution in [3.63, 3.8) is 0 Å². The van der Waals surface area contributed by atoms with Gasteiger partial charge >= 0.3 is 5.97 Å². The van der Waals surface area contributed by atoms with Gasteiger partial charge in [-0.1, -0.05) is 6.92 Å². The molecule has 0 aromatic heterocycles. The summed E-state index contributed by atoms with van der Waals surface area (Å²) in [6.45, 7) is 5.14. The fourth-order valence-corrected chi connectivity index (χ4v) is 1.48. The predicted molar refractivity (Wildman–Crippen MR) is 46.9 cm³/mol. The molecule has 0 radical (unpaired) electrons. The Kier molecular flexibility index (Phi) is 2.90. The lowest BCUT2D eigenvalue weighted by molar-refractivity contribution is -0.145. The quantitative estimate of drug-likeness (QED) is 0.636. The highest BCUT2D eigenvalue weighted by molar-refractivity contribution is 5.75. The summed E-state index contributed by atoms with van der Waals surface area (Å²) in [5.41, 5.74) is 0. The van der Waals surface area contributed by atoms with Crippen LogP contribution in [0.1, 0.15) is 27.2 Å². The predicted octanol–water partition coefficient (Wildman–Crippen LogP) is 0.463. The van der Waals surface area contributed by atoms with E-state index in [1.165, 1.54) is 6.92 Å². The van der Waals surface area contributed by atoms with Gasteiger partial charge in [-0.05, 0) is 13.3 Å². The lowest BCUT2D eigenvalue weighted by Gasteiger charge is -2.18. The fourth-order valence-electron chi connectivity index (χ4n) is 1.48. The van der Waals surface area contributed by atoms with E-state index in [9.17, 15) is 9.59 Å². The van der Waals surface area contributed by atoms with Crippen LogP contribution in [0.2, 0.25) is 0 Å². The molecule has 0 spiro atoms. The van der Waals surface area contributed by atoms with Gasteiger partial charge in [-0.3, -0.25) is 9.59 Å². The maximum Gasteiger partial charge on any atom is 0.309 e. The third-order valence-electron chi connectivity index (χ3n) is 2.24. The van der Waals surface area contributed by atoms with Crippen molar-refractivity contribution < 1.29 is 14.3 Å². The second-order valence-corrected chi connectivity index (χ2v) is 3.60. The Morgan fingerprint density at radius 2 is 2.31 bits per heavy atom. The molecule has 1 N–H and O–H groups in total. The summed E-state index contributed by atoms with van der Waals surface area (Å²) in [5, 5.41) is 2.71. The Labute approximate surface area is 77.6 Å². The first-order chi connectivity index (χ1) is 6.00. The molecule has 13 heavy (non-hydrogen) atoms. The van der Waals surface area contributed by atoms with Crippen molar-refractivity contribution in [2.45, 2.75) is 39.3 Å². The Hall–Kier alpha value is -1.06. The van der Waals surface area contributed by atoms with Crippen LogP contribution in [-0.4, -0.2) is 24.0 Å². The summed E-state index contributed by atoms with van der Waals surface area (Å²) in [4.78, 5) is 21.8. The standard InChI is InChI=1S/C9H15NO3/c1-5-4-8(13-9(5)12)6(2)10-7(3)11/h5-6,8H,4H2,1-3H3,(H,10,11)/t5-,6+,8-/m1/s1. The Morgan fingerprint density at radius 1 is 1.69 bits per heavy atom. The molecule has 1 aliphatic heterocycles. The van der Waals surface area contributed by atoms with E-state index in [4.69, 9.17) is 4.74 Å². The molecule has 1 aliphatic rings. The Bertz CT molecular complexity index is 227. The summed E-state index contributed by atoms with van der Waals surface area (Å²) in [5.74, 6) is -0.300. The van der Waals surface area contributed by atoms with Gasteiger partial charge in [-0.2, -0.15) is 0 Å². The summed E-state index contributed by atoms with van der Waals surface area (Å²) in [6.07, 6.45) is 0.534. The third kappa shape index (κ3) is 2.44. The largest absolute Gasteiger partial charge is 0.460 e. The number of amides is 1. The molecule has 0 unspecified atom stereocenters. The number of ether oxygens (including phenoxy) is 1. The summed E-state index contributed by atoms with van der Waals surface area (Å²) < 4.78 is 5.08. The van der Waals surface area contributed by atoms with Crippen LogP contribution >= 0.6 is 0 Å². The zero-order valence-corrected chi connectivity index (χ0v) is 8.16. The molecule has 1 amide bonds. The fraction of sp³-hybridized carbons (Fsp3) is 0.778. The van der Waals surface area contributed by atoms with Crippen molar-refractivity contribution >= 4 is 11.9 Å². The number of hydrogen-bond donors (Lipinski definition) is 1. The molecule has 74 valence electrons. The zero-order valence-electron chi connectivity index (χ0n) is 8.16. The topological polar surface area (TPSA) is 55.4 Å². The molecule has 0 saturated carbocycles. The van der Waals surface area contributed by atoms with Crippen LogP contribution in [0.4, 0.5) is 0 Å². The maximum atomic E-state index is 11.0. The van der Waals surface area contributed by atoms with Gasteiger partial charge in [-0.25, -0.2) is 0 Å². The van der Waals surface area contributed by atoms with Gasteiger partial charge in [0.15, 0.2) is 0 Å². The van der Waals surface area contributed by atoms with Crippen LogP contribution < -0.4 is 5.32 Å². The third-order valence-corrected chi connectivity index (χ3v) is 2.24. The van der Waals surface area contributed by atoms with Crippen LogP contribution in [0.5, 0.6) is 0 Å². The van der Waals surface area contributed by atoms with Crippen molar-refractivity contribution in [1.29, 1.82) is 0 Å². The first-order valence-electron chi connectivity index (χ1n) is 4.48. The van der Waals surface area contributed by atoms with E-state index >= 15 is 0 Å². The van der Waals surface area contributed by atoms with Gasteiger partial charge < -0.3 is 10.1 Å². The molecular formula is C9H15NO3. The molecule has 0 aliphatic carbocycles. The van der Waals surface area contributed by atoms with Gasteiger partial charge in [-0.15, -0.1) is 0 Å². The van der Waals surface area contributed by atoms with Gasteiger partial charge in [0.25, 0.3) is 0 Å². The van der Waals surface area contributed by atoms with Crippen LogP contribution in [0.15, 0.2) is 0 Å². The number of rotatable bonds is 2. The number of hydrogen-bond acceptors (Lipinski definition) is 3. The number of nitrogens with one attached hydrogen (secondary N) is 1. The molecule has 0 aromatic carbocycles. The average molecular weight is 185 g/mol. The van der Waals surface area contributed by atoms with E-state index < -0.39 is 0 Å². The van der Waals surface area contributed by atoms with Gasteiger partial charge in [0.1, 0.15) is 6.10 Å². The number of esters is 1. The van der Waals surface area contributed by atoms with Crippen LogP contribution in [0, 0.1) is 5.92 Å². The maximum absolute atomic E-state index is 11.0. The minimum Gasteiger partial charge on any atom is -0.460 e. The monoisotopic (exact) mass is 185 g/mol. The summed E-state index contributed by atoms with van der Waals surface area (Å²) in [6, 6.07) is -0.0913. The van der Waals surface area contributed by atoms with Crippen LogP contribution in [-0.2, 0) is 14.3 Å². The Balaban J connectivity index is 2.45. The first kappa shape index (κ1) is 10.0. The average Bonchev–Trinajstić information content (AvgIpc) is 2.31. The van der Waals surface area contributed by atoms with Crippen molar-refractivity contribution in [3.05, 3.63) is 0 Å². The molecule has 4 nitrogen and oxygen atoms in total.